The van der Waals surface area contributed by atoms with Gasteiger partial charge in [-0.05, 0) is 53.1 Å². The predicted molar refractivity (Wildman–Crippen MR) is 134 cm³/mol. The standard InChI is InChI=1S/C27H33N3O5/c1-29(2)28-17-23-6-5-7-26(16-23)34-20-35-27(31)30(18-21-8-12-24(32-3)13-9-21)19-22-10-14-25(33-4)15-11-22/h5-16,28H,17-20H2,1-4H3. The summed E-state index contributed by atoms with van der Waals surface area (Å²) in [7, 11) is 7.11. The number of rotatable bonds is 12. The number of hydrogen-bond acceptors (Lipinski definition) is 7. The topological polar surface area (TPSA) is 72.5 Å². The number of ether oxygens (including phenoxy) is 4. The molecule has 1 amide bonds. The highest BCUT2D eigenvalue weighted by molar-refractivity contribution is 5.67. The number of hydrazine groups is 1. The molecule has 0 radical (unpaired) electrons. The molecule has 0 aliphatic carbocycles. The molecule has 1 N–H and O–H groups in total. The van der Waals surface area contributed by atoms with Gasteiger partial charge in [-0.1, -0.05) is 36.4 Å². The van der Waals surface area contributed by atoms with Crippen molar-refractivity contribution in [2.75, 3.05) is 35.1 Å². The second-order valence-electron chi connectivity index (χ2n) is 8.10. The van der Waals surface area contributed by atoms with Crippen molar-refractivity contribution < 1.29 is 23.7 Å². The highest BCUT2D eigenvalue weighted by Gasteiger charge is 2.17. The number of amides is 1. The summed E-state index contributed by atoms with van der Waals surface area (Å²) in [5.74, 6) is 2.15. The van der Waals surface area contributed by atoms with Gasteiger partial charge >= 0.3 is 6.09 Å². The first-order valence-electron chi connectivity index (χ1n) is 11.3. The van der Waals surface area contributed by atoms with Crippen LogP contribution in [0.5, 0.6) is 17.2 Å². The van der Waals surface area contributed by atoms with Gasteiger partial charge in [0.2, 0.25) is 6.79 Å². The van der Waals surface area contributed by atoms with Gasteiger partial charge in [0.05, 0.1) is 14.2 Å². The molecule has 3 rings (SSSR count). The lowest BCUT2D eigenvalue weighted by atomic mass is 10.1. The Hall–Kier alpha value is -3.75. The van der Waals surface area contributed by atoms with Gasteiger partial charge in [-0.15, -0.1) is 0 Å². The van der Waals surface area contributed by atoms with Gasteiger partial charge in [-0.25, -0.2) is 4.79 Å². The van der Waals surface area contributed by atoms with Crippen LogP contribution in [0.3, 0.4) is 0 Å². The van der Waals surface area contributed by atoms with Gasteiger partial charge < -0.3 is 18.9 Å². The van der Waals surface area contributed by atoms with E-state index in [0.29, 0.717) is 25.4 Å². The zero-order valence-corrected chi connectivity index (χ0v) is 20.7. The number of methoxy groups -OCH3 is 2. The van der Waals surface area contributed by atoms with E-state index in [1.807, 2.05) is 91.9 Å². The van der Waals surface area contributed by atoms with E-state index in [4.69, 9.17) is 18.9 Å². The second-order valence-corrected chi connectivity index (χ2v) is 8.10. The van der Waals surface area contributed by atoms with Crippen LogP contribution in [0.2, 0.25) is 0 Å². The van der Waals surface area contributed by atoms with Crippen LogP contribution in [0.15, 0.2) is 72.8 Å². The Kier molecular flexibility index (Phi) is 9.77. The summed E-state index contributed by atoms with van der Waals surface area (Å²) in [6.45, 7) is 1.23. The first-order valence-corrected chi connectivity index (χ1v) is 11.3. The molecule has 0 aromatic heterocycles. The van der Waals surface area contributed by atoms with Crippen molar-refractivity contribution in [2.24, 2.45) is 0 Å². The molecule has 186 valence electrons. The minimum atomic E-state index is -0.470. The van der Waals surface area contributed by atoms with E-state index < -0.39 is 6.09 Å². The minimum absolute atomic E-state index is 0.189. The molecular weight excluding hydrogens is 446 g/mol. The van der Waals surface area contributed by atoms with Gasteiger partial charge in [0.1, 0.15) is 17.2 Å². The number of nitrogens with one attached hydrogen (secondary N) is 1. The van der Waals surface area contributed by atoms with Crippen LogP contribution in [0, 0.1) is 0 Å². The van der Waals surface area contributed by atoms with Crippen LogP contribution >= 0.6 is 0 Å². The van der Waals surface area contributed by atoms with E-state index in [0.717, 1.165) is 28.2 Å². The molecule has 0 bridgehead atoms. The number of carbonyl (C=O) groups is 1. The molecule has 0 atom stereocenters. The quantitative estimate of drug-likeness (QED) is 0.304. The predicted octanol–water partition coefficient (Wildman–Crippen LogP) is 4.45. The van der Waals surface area contributed by atoms with Crippen LogP contribution < -0.4 is 19.6 Å². The Morgan fingerprint density at radius 3 is 1.86 bits per heavy atom. The van der Waals surface area contributed by atoms with Crippen LogP contribution in [0.4, 0.5) is 4.79 Å². The summed E-state index contributed by atoms with van der Waals surface area (Å²) in [5, 5.41) is 1.88. The molecule has 35 heavy (non-hydrogen) atoms. The number of carbonyl (C=O) groups excluding carboxylic acids is 1. The van der Waals surface area contributed by atoms with E-state index >= 15 is 0 Å². The first-order chi connectivity index (χ1) is 17.0. The Balaban J connectivity index is 1.63. The van der Waals surface area contributed by atoms with Crippen LogP contribution in [-0.2, 0) is 24.4 Å². The molecule has 0 heterocycles. The second kappa shape index (κ2) is 13.2. The molecule has 3 aromatic carbocycles. The normalized spacial score (nSPS) is 10.7. The van der Waals surface area contributed by atoms with E-state index in [9.17, 15) is 4.79 Å². The van der Waals surface area contributed by atoms with Crippen molar-refractivity contribution in [1.29, 1.82) is 0 Å². The third-order valence-corrected chi connectivity index (χ3v) is 5.23. The van der Waals surface area contributed by atoms with Crippen LogP contribution in [-0.4, -0.2) is 51.1 Å². The van der Waals surface area contributed by atoms with E-state index in [1.54, 1.807) is 19.1 Å². The number of hydrogen-bond donors (Lipinski definition) is 1. The lowest BCUT2D eigenvalue weighted by Gasteiger charge is -2.23. The SMILES string of the molecule is COc1ccc(CN(Cc2ccc(OC)cc2)C(=O)OCOc2cccc(CNN(C)C)c2)cc1. The molecule has 8 nitrogen and oxygen atoms in total. The Labute approximate surface area is 206 Å². The molecule has 0 fully saturated rings. The largest absolute Gasteiger partial charge is 0.497 e. The molecule has 0 aliphatic heterocycles. The van der Waals surface area contributed by atoms with Gasteiger partial charge in [-0.3, -0.25) is 15.3 Å². The average molecular weight is 480 g/mol. The zero-order valence-electron chi connectivity index (χ0n) is 20.7. The highest BCUT2D eigenvalue weighted by atomic mass is 16.7. The van der Waals surface area contributed by atoms with E-state index in [-0.39, 0.29) is 6.79 Å². The summed E-state index contributed by atoms with van der Waals surface area (Å²) < 4.78 is 21.6. The third kappa shape index (κ3) is 8.51. The van der Waals surface area contributed by atoms with Gasteiger partial charge in [0.25, 0.3) is 0 Å². The average Bonchev–Trinajstić information content (AvgIpc) is 2.88. The monoisotopic (exact) mass is 479 g/mol. The Bertz CT molecular complexity index is 1010. The zero-order chi connectivity index (χ0) is 25.0. The molecular formula is C27H33N3O5. The van der Waals surface area contributed by atoms with Crippen molar-refractivity contribution in [1.82, 2.24) is 15.3 Å². The summed E-state index contributed by atoms with van der Waals surface area (Å²) in [4.78, 5) is 14.6. The maximum absolute atomic E-state index is 13.0. The molecule has 8 heteroatoms. The molecule has 0 saturated heterocycles. The Morgan fingerprint density at radius 2 is 1.34 bits per heavy atom. The first kappa shape index (κ1) is 25.9. The lowest BCUT2D eigenvalue weighted by molar-refractivity contribution is 0.0318. The number of benzene rings is 3. The van der Waals surface area contributed by atoms with Crippen molar-refractivity contribution in [3.8, 4) is 17.2 Å². The fourth-order valence-corrected chi connectivity index (χ4v) is 3.32. The molecule has 0 aliphatic rings. The summed E-state index contributed by atoms with van der Waals surface area (Å²) in [6, 6.07) is 22.8. The Morgan fingerprint density at radius 1 is 0.771 bits per heavy atom. The highest BCUT2D eigenvalue weighted by Crippen LogP contribution is 2.18. The third-order valence-electron chi connectivity index (χ3n) is 5.23. The van der Waals surface area contributed by atoms with Gasteiger partial charge in [-0.2, -0.15) is 0 Å². The fourth-order valence-electron chi connectivity index (χ4n) is 3.32. The molecule has 0 saturated carbocycles. The van der Waals surface area contributed by atoms with Crippen molar-refractivity contribution >= 4 is 6.09 Å². The van der Waals surface area contributed by atoms with E-state index in [1.165, 1.54) is 0 Å². The van der Waals surface area contributed by atoms with E-state index in [2.05, 4.69) is 5.43 Å². The lowest BCUT2D eigenvalue weighted by Crippen LogP contribution is -2.31. The van der Waals surface area contributed by atoms with Gasteiger partial charge in [0.15, 0.2) is 0 Å². The fraction of sp³-hybridized carbons (Fsp3) is 0.296. The van der Waals surface area contributed by atoms with Crippen LogP contribution in [0.1, 0.15) is 16.7 Å². The van der Waals surface area contributed by atoms with Crippen molar-refractivity contribution in [2.45, 2.75) is 19.6 Å². The summed E-state index contributed by atoms with van der Waals surface area (Å²) >= 11 is 0. The minimum Gasteiger partial charge on any atom is -0.497 e. The molecule has 0 unspecified atom stereocenters. The molecule has 3 aromatic rings. The summed E-state index contributed by atoms with van der Waals surface area (Å²) in [6.07, 6.45) is -0.470. The molecule has 0 spiro atoms. The van der Waals surface area contributed by atoms with Crippen molar-refractivity contribution in [3.63, 3.8) is 0 Å². The smallest absolute Gasteiger partial charge is 0.413 e. The maximum Gasteiger partial charge on any atom is 0.413 e. The maximum atomic E-state index is 13.0. The van der Waals surface area contributed by atoms with Crippen molar-refractivity contribution in [3.05, 3.63) is 89.5 Å². The number of nitrogens with zero attached hydrogens (tertiary/aromatic N) is 2. The van der Waals surface area contributed by atoms with Crippen LogP contribution in [0.25, 0.3) is 0 Å². The van der Waals surface area contributed by atoms with Gasteiger partial charge in [0, 0.05) is 33.7 Å². The summed E-state index contributed by atoms with van der Waals surface area (Å²) in [5.41, 5.74) is 6.18.